The van der Waals surface area contributed by atoms with E-state index in [0.29, 0.717) is 28.6 Å². The Morgan fingerprint density at radius 1 is 0.800 bits per heavy atom. The van der Waals surface area contributed by atoms with Gasteiger partial charge < -0.3 is 14.8 Å². The highest BCUT2D eigenvalue weighted by molar-refractivity contribution is 6.42. The number of anilines is 2. The highest BCUT2D eigenvalue weighted by Crippen LogP contribution is 2.27. The Morgan fingerprint density at radius 2 is 1.43 bits per heavy atom. The number of carbonyl (C=O) groups is 1. The highest BCUT2D eigenvalue weighted by atomic mass is 16.5. The summed E-state index contributed by atoms with van der Waals surface area (Å²) < 4.78 is 10.6. The van der Waals surface area contributed by atoms with Crippen LogP contribution in [0.1, 0.15) is 0 Å². The molecule has 0 heterocycles. The Morgan fingerprint density at radius 3 is 2.17 bits per heavy atom. The summed E-state index contributed by atoms with van der Waals surface area (Å²) in [5, 5.41) is 15.1. The molecule has 8 heteroatoms. The molecule has 0 aromatic heterocycles. The van der Waals surface area contributed by atoms with Crippen LogP contribution in [0.15, 0.2) is 94.2 Å². The van der Waals surface area contributed by atoms with Gasteiger partial charge in [0.05, 0.1) is 19.9 Å². The Hall–Kier alpha value is -4.20. The fraction of sp³-hybridized carbons (Fsp3) is 0.0909. The minimum Gasteiger partial charge on any atom is -0.495 e. The summed E-state index contributed by atoms with van der Waals surface area (Å²) in [4.78, 5) is 12.8. The molecule has 0 radical (unpaired) electrons. The number of nitrogens with one attached hydrogen (secondary N) is 2. The Bertz CT molecular complexity index is 1050. The molecule has 0 saturated carbocycles. The fourth-order valence-corrected chi connectivity index (χ4v) is 2.49. The number of carbonyl (C=O) groups excluding carboxylic acids is 1. The van der Waals surface area contributed by atoms with Crippen LogP contribution >= 0.6 is 0 Å². The molecule has 0 aliphatic carbocycles. The van der Waals surface area contributed by atoms with E-state index in [1.807, 2.05) is 36.4 Å². The molecule has 8 nitrogen and oxygen atoms in total. The van der Waals surface area contributed by atoms with E-state index in [-0.39, 0.29) is 5.84 Å². The molecule has 152 valence electrons. The van der Waals surface area contributed by atoms with E-state index in [0.717, 1.165) is 0 Å². The number of ether oxygens (including phenoxy) is 2. The fourth-order valence-electron chi connectivity index (χ4n) is 2.49. The molecule has 3 rings (SSSR count). The molecular formula is C22H21N5O3. The average Bonchev–Trinajstić information content (AvgIpc) is 2.80. The van der Waals surface area contributed by atoms with Crippen LogP contribution in [-0.4, -0.2) is 26.0 Å². The maximum Gasteiger partial charge on any atom is 0.297 e. The lowest BCUT2D eigenvalue weighted by Gasteiger charge is -2.08. The summed E-state index contributed by atoms with van der Waals surface area (Å²) in [6, 6.07) is 23.3. The zero-order chi connectivity index (χ0) is 21.2. The van der Waals surface area contributed by atoms with Crippen molar-refractivity contribution in [3.05, 3.63) is 78.9 Å². The van der Waals surface area contributed by atoms with E-state index in [1.165, 1.54) is 7.11 Å². The van der Waals surface area contributed by atoms with Crippen LogP contribution in [0.25, 0.3) is 0 Å². The summed E-state index contributed by atoms with van der Waals surface area (Å²) >= 11 is 0. The maximum absolute atomic E-state index is 12.8. The molecule has 0 unspecified atom stereocenters. The molecule has 1 amide bonds. The van der Waals surface area contributed by atoms with Gasteiger partial charge in [-0.3, -0.25) is 10.2 Å². The molecule has 0 fully saturated rings. The molecule has 0 atom stereocenters. The van der Waals surface area contributed by atoms with Crippen LogP contribution in [0.3, 0.4) is 0 Å². The molecular weight excluding hydrogens is 382 g/mol. The third kappa shape index (κ3) is 5.41. The number of methoxy groups -OCH3 is 2. The summed E-state index contributed by atoms with van der Waals surface area (Å²) in [5.41, 5.74) is 4.47. The summed E-state index contributed by atoms with van der Waals surface area (Å²) in [5.74, 6) is 0.408. The Balaban J connectivity index is 1.89. The second-order valence-corrected chi connectivity index (χ2v) is 5.94. The van der Waals surface area contributed by atoms with Crippen LogP contribution in [0, 0.1) is 0 Å². The Kier molecular flexibility index (Phi) is 7.10. The number of rotatable bonds is 6. The van der Waals surface area contributed by atoms with Crippen molar-refractivity contribution in [2.24, 2.45) is 15.3 Å². The van der Waals surface area contributed by atoms with Crippen LogP contribution < -0.4 is 20.2 Å². The van der Waals surface area contributed by atoms with Gasteiger partial charge in [0.1, 0.15) is 17.2 Å². The molecule has 0 aliphatic rings. The quantitative estimate of drug-likeness (QED) is 0.266. The van der Waals surface area contributed by atoms with Crippen molar-refractivity contribution in [2.45, 2.75) is 0 Å². The normalized spacial score (nSPS) is 11.2. The summed E-state index contributed by atoms with van der Waals surface area (Å²) in [7, 11) is 3.09. The molecule has 0 aliphatic heterocycles. The van der Waals surface area contributed by atoms with Crippen molar-refractivity contribution in [3.63, 3.8) is 0 Å². The van der Waals surface area contributed by atoms with Crippen LogP contribution in [0.5, 0.6) is 11.5 Å². The van der Waals surface area contributed by atoms with Crippen molar-refractivity contribution in [3.8, 4) is 11.5 Å². The predicted molar refractivity (Wildman–Crippen MR) is 117 cm³/mol. The van der Waals surface area contributed by atoms with E-state index >= 15 is 0 Å². The number of azo groups is 1. The highest BCUT2D eigenvalue weighted by Gasteiger charge is 2.13. The van der Waals surface area contributed by atoms with Crippen LogP contribution in [-0.2, 0) is 4.79 Å². The summed E-state index contributed by atoms with van der Waals surface area (Å²) in [6.45, 7) is 0. The third-order valence-corrected chi connectivity index (χ3v) is 3.96. The second-order valence-electron chi connectivity index (χ2n) is 5.94. The van der Waals surface area contributed by atoms with Gasteiger partial charge >= 0.3 is 0 Å². The number of amides is 1. The zero-order valence-electron chi connectivity index (χ0n) is 16.6. The van der Waals surface area contributed by atoms with E-state index < -0.39 is 5.91 Å². The topological polar surface area (TPSA) is 96.7 Å². The predicted octanol–water partition coefficient (Wildman–Crippen LogP) is 4.85. The first-order chi connectivity index (χ1) is 14.7. The van der Waals surface area contributed by atoms with E-state index in [9.17, 15) is 4.79 Å². The van der Waals surface area contributed by atoms with Gasteiger partial charge in [-0.2, -0.15) is 0 Å². The zero-order valence-corrected chi connectivity index (χ0v) is 16.6. The van der Waals surface area contributed by atoms with Gasteiger partial charge in [-0.25, -0.2) is 0 Å². The van der Waals surface area contributed by atoms with E-state index in [4.69, 9.17) is 9.47 Å². The standard InChI is InChI=1S/C22H21N5O3/c1-29-19-14-8-6-12-17(19)24-26-21(22(28)23-16-10-4-3-5-11-16)27-25-18-13-7-9-15-20(18)30-2/h3-15,24H,1-2H3,(H,23,28)/b26-21+,27-25?. The molecule has 3 aromatic carbocycles. The third-order valence-electron chi connectivity index (χ3n) is 3.96. The number of hydrogen-bond acceptors (Lipinski definition) is 6. The van der Waals surface area contributed by atoms with Crippen molar-refractivity contribution >= 4 is 28.8 Å². The summed E-state index contributed by atoms with van der Waals surface area (Å²) in [6.07, 6.45) is 0. The number of hydrogen-bond donors (Lipinski definition) is 2. The van der Waals surface area contributed by atoms with E-state index in [1.54, 1.807) is 49.6 Å². The molecule has 2 N–H and O–H groups in total. The number of nitrogens with zero attached hydrogens (tertiary/aromatic N) is 3. The number of amidine groups is 1. The molecule has 3 aromatic rings. The van der Waals surface area contributed by atoms with Gasteiger partial charge in [0.2, 0.25) is 0 Å². The number of benzene rings is 3. The minimum atomic E-state index is -0.526. The molecule has 0 saturated heterocycles. The lowest BCUT2D eigenvalue weighted by Crippen LogP contribution is -2.22. The van der Waals surface area contributed by atoms with Crippen molar-refractivity contribution < 1.29 is 14.3 Å². The lowest BCUT2D eigenvalue weighted by atomic mass is 10.3. The van der Waals surface area contributed by atoms with Crippen molar-refractivity contribution in [1.82, 2.24) is 0 Å². The first kappa shape index (κ1) is 20.5. The van der Waals surface area contributed by atoms with Crippen LogP contribution in [0.2, 0.25) is 0 Å². The molecule has 30 heavy (non-hydrogen) atoms. The first-order valence-corrected chi connectivity index (χ1v) is 9.09. The van der Waals surface area contributed by atoms with Crippen molar-refractivity contribution in [2.75, 3.05) is 25.0 Å². The maximum atomic E-state index is 12.8. The molecule has 0 spiro atoms. The number of para-hydroxylation sites is 4. The van der Waals surface area contributed by atoms with Gasteiger partial charge in [-0.05, 0) is 36.4 Å². The minimum absolute atomic E-state index is 0.171. The average molecular weight is 403 g/mol. The smallest absolute Gasteiger partial charge is 0.297 e. The largest absolute Gasteiger partial charge is 0.495 e. The van der Waals surface area contributed by atoms with E-state index in [2.05, 4.69) is 26.1 Å². The molecule has 0 bridgehead atoms. The van der Waals surface area contributed by atoms with Gasteiger partial charge in [-0.15, -0.1) is 15.3 Å². The second kappa shape index (κ2) is 10.4. The van der Waals surface area contributed by atoms with Gasteiger partial charge in [-0.1, -0.05) is 42.5 Å². The monoisotopic (exact) mass is 403 g/mol. The number of hydrazone groups is 1. The lowest BCUT2D eigenvalue weighted by molar-refractivity contribution is -0.110. The van der Waals surface area contributed by atoms with Crippen molar-refractivity contribution in [1.29, 1.82) is 0 Å². The van der Waals surface area contributed by atoms with Gasteiger partial charge in [0.25, 0.3) is 11.7 Å². The van der Waals surface area contributed by atoms with Gasteiger partial charge in [0, 0.05) is 5.69 Å². The SMILES string of the molecule is COc1ccccc1N=N/C(=N/Nc1ccccc1OC)C(=O)Nc1ccccc1. The van der Waals surface area contributed by atoms with Crippen LogP contribution in [0.4, 0.5) is 17.1 Å². The Labute approximate surface area is 174 Å². The first-order valence-electron chi connectivity index (χ1n) is 9.09. The van der Waals surface area contributed by atoms with Gasteiger partial charge in [0.15, 0.2) is 0 Å².